The first kappa shape index (κ1) is 16.3. The van der Waals surface area contributed by atoms with E-state index in [0.29, 0.717) is 22.3 Å². The zero-order chi connectivity index (χ0) is 17.6. The summed E-state index contributed by atoms with van der Waals surface area (Å²) in [6.07, 6.45) is 0. The van der Waals surface area contributed by atoms with E-state index in [9.17, 15) is 4.79 Å². The minimum Gasteiger partial charge on any atom is -0.423 e. The first-order chi connectivity index (χ1) is 12.0. The number of halogens is 1. The van der Waals surface area contributed by atoms with Gasteiger partial charge in [0.25, 0.3) is 5.78 Å². The number of thioether (sulfide) groups is 1. The quantitative estimate of drug-likeness (QED) is 0.372. The van der Waals surface area contributed by atoms with Gasteiger partial charge >= 0.3 is 5.63 Å². The van der Waals surface area contributed by atoms with Crippen LogP contribution < -0.4 is 5.63 Å². The van der Waals surface area contributed by atoms with Crippen molar-refractivity contribution in [2.24, 2.45) is 0 Å². The number of fused-ring (bicyclic) bond motifs is 2. The van der Waals surface area contributed by atoms with Crippen LogP contribution in [0.15, 0.2) is 49.2 Å². The van der Waals surface area contributed by atoms with E-state index in [2.05, 4.69) is 31.0 Å². The molecule has 1 aromatic carbocycles. The topological polar surface area (TPSA) is 73.3 Å². The van der Waals surface area contributed by atoms with E-state index in [1.54, 1.807) is 10.6 Å². The van der Waals surface area contributed by atoms with Crippen molar-refractivity contribution < 1.29 is 4.42 Å². The molecule has 3 aromatic heterocycles. The third-order valence-electron chi connectivity index (χ3n) is 3.75. The molecule has 0 atom stereocenters. The van der Waals surface area contributed by atoms with Gasteiger partial charge in [0.05, 0.1) is 0 Å². The molecule has 126 valence electrons. The van der Waals surface area contributed by atoms with Gasteiger partial charge in [-0.15, -0.1) is 5.10 Å². The molecule has 0 radical (unpaired) electrons. The summed E-state index contributed by atoms with van der Waals surface area (Å²) < 4.78 is 7.87. The van der Waals surface area contributed by atoms with Gasteiger partial charge in [-0.2, -0.15) is 4.98 Å². The maximum atomic E-state index is 11.8. The minimum absolute atomic E-state index is 0.364. The van der Waals surface area contributed by atoms with Gasteiger partial charge < -0.3 is 4.42 Å². The Labute approximate surface area is 155 Å². The minimum atomic E-state index is -0.364. The highest BCUT2D eigenvalue weighted by molar-refractivity contribution is 9.10. The lowest BCUT2D eigenvalue weighted by molar-refractivity contribution is 0.559. The number of aryl methyl sites for hydroxylation is 2. The first-order valence-electron chi connectivity index (χ1n) is 7.56. The molecule has 0 fully saturated rings. The van der Waals surface area contributed by atoms with Crippen LogP contribution >= 0.6 is 27.7 Å². The molecular formula is C17H13BrN4O2S. The van der Waals surface area contributed by atoms with Crippen LogP contribution in [-0.4, -0.2) is 19.6 Å². The number of benzene rings is 1. The molecule has 0 spiro atoms. The molecular weight excluding hydrogens is 404 g/mol. The molecule has 0 unspecified atom stereocenters. The number of hydrogen-bond acceptors (Lipinski definition) is 6. The Hall–Kier alpha value is -2.19. The molecule has 8 heteroatoms. The summed E-state index contributed by atoms with van der Waals surface area (Å²) in [7, 11) is 0. The first-order valence-corrected chi connectivity index (χ1v) is 9.33. The van der Waals surface area contributed by atoms with Gasteiger partial charge in [0.15, 0.2) is 0 Å². The Bertz CT molecular complexity index is 1170. The van der Waals surface area contributed by atoms with E-state index < -0.39 is 0 Å². The standard InChI is InChI=1S/C17H13BrN4O2S/c1-9-5-10(2)22-16(19-9)20-17(21-22)25-8-11-6-15(23)24-14-7-12(18)3-4-13(11)14/h3-7H,8H2,1-2H3. The summed E-state index contributed by atoms with van der Waals surface area (Å²) in [5.41, 5.74) is 2.98. The molecule has 6 nitrogen and oxygen atoms in total. The van der Waals surface area contributed by atoms with Crippen LogP contribution in [0.25, 0.3) is 16.7 Å². The van der Waals surface area contributed by atoms with Crippen LogP contribution in [0.4, 0.5) is 0 Å². The second-order valence-corrected chi connectivity index (χ2v) is 7.52. The van der Waals surface area contributed by atoms with Gasteiger partial charge in [0, 0.05) is 33.1 Å². The van der Waals surface area contributed by atoms with Crippen molar-refractivity contribution in [3.8, 4) is 0 Å². The lowest BCUT2D eigenvalue weighted by Crippen LogP contribution is -2.00. The molecule has 0 aliphatic carbocycles. The van der Waals surface area contributed by atoms with Crippen molar-refractivity contribution in [1.29, 1.82) is 0 Å². The molecule has 3 heterocycles. The van der Waals surface area contributed by atoms with Crippen LogP contribution in [0.2, 0.25) is 0 Å². The zero-order valence-electron chi connectivity index (χ0n) is 13.5. The Morgan fingerprint density at radius 1 is 1.20 bits per heavy atom. The van der Waals surface area contributed by atoms with E-state index in [0.717, 1.165) is 26.8 Å². The molecule has 0 aliphatic heterocycles. The summed E-state index contributed by atoms with van der Waals surface area (Å²) >= 11 is 4.86. The smallest absolute Gasteiger partial charge is 0.336 e. The lowest BCUT2D eigenvalue weighted by atomic mass is 10.1. The predicted molar refractivity (Wildman–Crippen MR) is 100 cm³/mol. The molecule has 0 amide bonds. The van der Waals surface area contributed by atoms with Crippen LogP contribution in [-0.2, 0) is 5.75 Å². The fourth-order valence-electron chi connectivity index (χ4n) is 2.67. The maximum Gasteiger partial charge on any atom is 0.336 e. The summed E-state index contributed by atoms with van der Waals surface area (Å²) in [5.74, 6) is 1.15. The van der Waals surface area contributed by atoms with Crippen molar-refractivity contribution in [1.82, 2.24) is 19.6 Å². The zero-order valence-corrected chi connectivity index (χ0v) is 15.9. The highest BCUT2D eigenvalue weighted by atomic mass is 79.9. The summed E-state index contributed by atoms with van der Waals surface area (Å²) in [5, 5.41) is 6.01. The van der Waals surface area contributed by atoms with E-state index in [1.165, 1.54) is 17.8 Å². The highest BCUT2D eigenvalue weighted by Gasteiger charge is 2.11. The molecule has 0 N–H and O–H groups in total. The lowest BCUT2D eigenvalue weighted by Gasteiger charge is -2.04. The molecule has 0 saturated heterocycles. The third kappa shape index (κ3) is 3.19. The molecule has 4 aromatic rings. The van der Waals surface area contributed by atoms with Gasteiger partial charge in [-0.1, -0.05) is 27.7 Å². The van der Waals surface area contributed by atoms with E-state index in [-0.39, 0.29) is 5.63 Å². The van der Waals surface area contributed by atoms with Crippen LogP contribution in [0.5, 0.6) is 0 Å². The van der Waals surface area contributed by atoms with Gasteiger partial charge in [-0.05, 0) is 43.7 Å². The normalized spacial score (nSPS) is 11.5. The second-order valence-electron chi connectivity index (χ2n) is 5.66. The predicted octanol–water partition coefficient (Wildman–Crippen LogP) is 3.90. The monoisotopic (exact) mass is 416 g/mol. The van der Waals surface area contributed by atoms with Crippen molar-refractivity contribution in [2.45, 2.75) is 24.8 Å². The molecule has 0 aliphatic rings. The van der Waals surface area contributed by atoms with E-state index >= 15 is 0 Å². The van der Waals surface area contributed by atoms with Crippen LogP contribution in [0.3, 0.4) is 0 Å². The van der Waals surface area contributed by atoms with Gasteiger partial charge in [-0.3, -0.25) is 0 Å². The average molecular weight is 417 g/mol. The summed E-state index contributed by atoms with van der Waals surface area (Å²) in [4.78, 5) is 20.7. The highest BCUT2D eigenvalue weighted by Crippen LogP contribution is 2.26. The van der Waals surface area contributed by atoms with E-state index in [1.807, 2.05) is 32.0 Å². The van der Waals surface area contributed by atoms with Crippen molar-refractivity contribution in [3.63, 3.8) is 0 Å². The van der Waals surface area contributed by atoms with Crippen molar-refractivity contribution in [2.75, 3.05) is 0 Å². The van der Waals surface area contributed by atoms with Crippen LogP contribution in [0.1, 0.15) is 17.0 Å². The Morgan fingerprint density at radius 3 is 2.88 bits per heavy atom. The third-order valence-corrected chi connectivity index (χ3v) is 5.13. The Kier molecular flexibility index (Phi) is 4.09. The average Bonchev–Trinajstić information content (AvgIpc) is 2.95. The summed E-state index contributed by atoms with van der Waals surface area (Å²) in [6, 6.07) is 9.14. The fourth-order valence-corrected chi connectivity index (χ4v) is 3.82. The SMILES string of the molecule is Cc1cc(C)n2nc(SCc3cc(=O)oc4cc(Br)ccc34)nc2n1. The number of nitrogens with zero attached hydrogens (tertiary/aromatic N) is 4. The Balaban J connectivity index is 1.69. The number of aromatic nitrogens is 4. The molecule has 0 bridgehead atoms. The molecule has 0 saturated carbocycles. The largest absolute Gasteiger partial charge is 0.423 e. The second kappa shape index (κ2) is 6.27. The van der Waals surface area contributed by atoms with Gasteiger partial charge in [0.2, 0.25) is 5.16 Å². The molecule has 4 rings (SSSR count). The molecule has 25 heavy (non-hydrogen) atoms. The van der Waals surface area contributed by atoms with E-state index in [4.69, 9.17) is 4.42 Å². The van der Waals surface area contributed by atoms with Crippen molar-refractivity contribution in [3.05, 3.63) is 62.2 Å². The van der Waals surface area contributed by atoms with Crippen molar-refractivity contribution >= 4 is 44.4 Å². The summed E-state index contributed by atoms with van der Waals surface area (Å²) in [6.45, 7) is 3.90. The Morgan fingerprint density at radius 2 is 2.04 bits per heavy atom. The number of hydrogen-bond donors (Lipinski definition) is 0. The van der Waals surface area contributed by atoms with Crippen LogP contribution in [0, 0.1) is 13.8 Å². The fraction of sp³-hybridized carbons (Fsp3) is 0.176. The number of rotatable bonds is 3. The maximum absolute atomic E-state index is 11.8. The van der Waals surface area contributed by atoms with Gasteiger partial charge in [-0.25, -0.2) is 14.3 Å². The van der Waals surface area contributed by atoms with Gasteiger partial charge in [0.1, 0.15) is 5.58 Å².